The van der Waals surface area contributed by atoms with Crippen LogP contribution < -0.4 is 11.1 Å². The van der Waals surface area contributed by atoms with Gasteiger partial charge in [-0.05, 0) is 55.8 Å². The second-order valence-electron chi connectivity index (χ2n) is 7.26. The van der Waals surface area contributed by atoms with Gasteiger partial charge in [-0.25, -0.2) is 0 Å². The number of hydrogen-bond acceptors (Lipinski definition) is 2. The molecule has 2 rings (SSSR count). The molecule has 0 aromatic heterocycles. The first-order valence-corrected chi connectivity index (χ1v) is 7.47. The van der Waals surface area contributed by atoms with E-state index in [2.05, 4.69) is 26.1 Å². The van der Waals surface area contributed by atoms with Crippen LogP contribution in [0.25, 0.3) is 0 Å². The summed E-state index contributed by atoms with van der Waals surface area (Å²) in [6.07, 6.45) is 8.29. The monoisotopic (exact) mass is 238 g/mol. The second-order valence-corrected chi connectivity index (χ2v) is 7.26. The fourth-order valence-corrected chi connectivity index (χ4v) is 3.34. The van der Waals surface area contributed by atoms with Gasteiger partial charge in [-0.2, -0.15) is 0 Å². The van der Waals surface area contributed by atoms with Crippen molar-refractivity contribution in [3.63, 3.8) is 0 Å². The molecule has 0 amide bonds. The van der Waals surface area contributed by atoms with E-state index in [0.717, 1.165) is 24.4 Å². The quantitative estimate of drug-likeness (QED) is 0.790. The van der Waals surface area contributed by atoms with Gasteiger partial charge in [0.05, 0.1) is 0 Å². The Kier molecular flexibility index (Phi) is 4.14. The summed E-state index contributed by atoms with van der Waals surface area (Å²) < 4.78 is 0. The highest BCUT2D eigenvalue weighted by Gasteiger charge is 2.34. The first-order valence-electron chi connectivity index (χ1n) is 7.47. The molecular weight excluding hydrogens is 208 g/mol. The van der Waals surface area contributed by atoms with Crippen molar-refractivity contribution in [2.45, 2.75) is 71.4 Å². The Morgan fingerprint density at radius 3 is 2.06 bits per heavy atom. The molecule has 0 spiro atoms. The zero-order chi connectivity index (χ0) is 12.5. The molecule has 1 unspecified atom stereocenters. The van der Waals surface area contributed by atoms with E-state index in [1.807, 2.05) is 0 Å². The van der Waals surface area contributed by atoms with Crippen LogP contribution in [0, 0.1) is 17.3 Å². The zero-order valence-corrected chi connectivity index (χ0v) is 11.8. The van der Waals surface area contributed by atoms with Gasteiger partial charge in [-0.15, -0.1) is 0 Å². The maximum Gasteiger partial charge on any atom is 0.0221 e. The lowest BCUT2D eigenvalue weighted by Crippen LogP contribution is -2.45. The molecule has 2 aliphatic carbocycles. The van der Waals surface area contributed by atoms with Crippen molar-refractivity contribution in [3.8, 4) is 0 Å². The molecule has 1 atom stereocenters. The average Bonchev–Trinajstić information content (AvgIpc) is 3.09. The maximum atomic E-state index is 5.94. The van der Waals surface area contributed by atoms with Gasteiger partial charge in [0.2, 0.25) is 0 Å². The number of hydrogen-bond donors (Lipinski definition) is 2. The van der Waals surface area contributed by atoms with Crippen LogP contribution in [0.2, 0.25) is 0 Å². The average molecular weight is 238 g/mol. The summed E-state index contributed by atoms with van der Waals surface area (Å²) in [7, 11) is 0. The highest BCUT2D eigenvalue weighted by Crippen LogP contribution is 2.40. The van der Waals surface area contributed by atoms with Gasteiger partial charge in [0, 0.05) is 18.6 Å². The molecule has 0 aromatic carbocycles. The molecule has 0 bridgehead atoms. The summed E-state index contributed by atoms with van der Waals surface area (Å²) in [5, 5.41) is 3.74. The summed E-state index contributed by atoms with van der Waals surface area (Å²) in [5.41, 5.74) is 6.43. The van der Waals surface area contributed by atoms with E-state index >= 15 is 0 Å². The SMILES string of the molecule is CC(C)(C)C1CCC(C(CN)NC2CC2)CC1. The lowest BCUT2D eigenvalue weighted by molar-refractivity contribution is 0.133. The van der Waals surface area contributed by atoms with Gasteiger partial charge in [-0.3, -0.25) is 0 Å². The van der Waals surface area contributed by atoms with Crippen molar-refractivity contribution in [2.75, 3.05) is 6.54 Å². The van der Waals surface area contributed by atoms with Crippen molar-refractivity contribution in [1.29, 1.82) is 0 Å². The first kappa shape index (κ1) is 13.4. The molecule has 2 heteroatoms. The van der Waals surface area contributed by atoms with Gasteiger partial charge < -0.3 is 11.1 Å². The minimum absolute atomic E-state index is 0.493. The van der Waals surface area contributed by atoms with E-state index < -0.39 is 0 Å². The van der Waals surface area contributed by atoms with E-state index in [4.69, 9.17) is 5.73 Å². The van der Waals surface area contributed by atoms with E-state index in [1.165, 1.54) is 38.5 Å². The lowest BCUT2D eigenvalue weighted by atomic mass is 9.68. The molecule has 2 saturated carbocycles. The molecule has 100 valence electrons. The van der Waals surface area contributed by atoms with Gasteiger partial charge in [-0.1, -0.05) is 20.8 Å². The Morgan fingerprint density at radius 2 is 1.65 bits per heavy atom. The molecule has 3 N–H and O–H groups in total. The predicted octanol–water partition coefficient (Wildman–Crippen LogP) is 2.92. The van der Waals surface area contributed by atoms with Crippen LogP contribution in [0.3, 0.4) is 0 Å². The van der Waals surface area contributed by atoms with Crippen LogP contribution in [0.1, 0.15) is 59.3 Å². The van der Waals surface area contributed by atoms with Crippen LogP contribution in [-0.2, 0) is 0 Å². The third kappa shape index (κ3) is 3.69. The maximum absolute atomic E-state index is 5.94. The summed E-state index contributed by atoms with van der Waals surface area (Å²) in [6, 6.07) is 1.38. The molecule has 2 fully saturated rings. The summed E-state index contributed by atoms with van der Waals surface area (Å²) in [5.74, 6) is 1.75. The minimum Gasteiger partial charge on any atom is -0.329 e. The van der Waals surface area contributed by atoms with E-state index in [1.54, 1.807) is 0 Å². The van der Waals surface area contributed by atoms with Crippen LogP contribution >= 0.6 is 0 Å². The second kappa shape index (κ2) is 5.27. The standard InChI is InChI=1S/C15H30N2/c1-15(2,3)12-6-4-11(5-7-12)14(10-16)17-13-8-9-13/h11-14,17H,4-10,16H2,1-3H3. The topological polar surface area (TPSA) is 38.0 Å². The third-order valence-corrected chi connectivity index (χ3v) is 4.85. The van der Waals surface area contributed by atoms with Crippen molar-refractivity contribution in [3.05, 3.63) is 0 Å². The van der Waals surface area contributed by atoms with E-state index in [9.17, 15) is 0 Å². The molecule has 2 aliphatic rings. The number of nitrogens with two attached hydrogens (primary N) is 1. The predicted molar refractivity (Wildman–Crippen MR) is 73.9 cm³/mol. The van der Waals surface area contributed by atoms with Crippen LogP contribution in [-0.4, -0.2) is 18.6 Å². The number of nitrogens with one attached hydrogen (secondary N) is 1. The van der Waals surface area contributed by atoms with Crippen LogP contribution in [0.4, 0.5) is 0 Å². The summed E-state index contributed by atoms with van der Waals surface area (Å²) >= 11 is 0. The van der Waals surface area contributed by atoms with Crippen LogP contribution in [0.5, 0.6) is 0 Å². The molecule has 0 heterocycles. The van der Waals surface area contributed by atoms with Crippen LogP contribution in [0.15, 0.2) is 0 Å². The first-order chi connectivity index (χ1) is 8.00. The summed E-state index contributed by atoms with van der Waals surface area (Å²) in [4.78, 5) is 0. The van der Waals surface area contributed by atoms with Gasteiger partial charge >= 0.3 is 0 Å². The number of rotatable bonds is 4. The van der Waals surface area contributed by atoms with Crippen molar-refractivity contribution < 1.29 is 0 Å². The normalized spacial score (nSPS) is 32.5. The van der Waals surface area contributed by atoms with Gasteiger partial charge in [0.25, 0.3) is 0 Å². The van der Waals surface area contributed by atoms with E-state index in [0.29, 0.717) is 11.5 Å². The van der Waals surface area contributed by atoms with Gasteiger partial charge in [0.1, 0.15) is 0 Å². The summed E-state index contributed by atoms with van der Waals surface area (Å²) in [6.45, 7) is 7.99. The molecule has 0 aromatic rings. The lowest BCUT2D eigenvalue weighted by Gasteiger charge is -2.39. The van der Waals surface area contributed by atoms with Crippen molar-refractivity contribution in [2.24, 2.45) is 23.0 Å². The van der Waals surface area contributed by atoms with Crippen molar-refractivity contribution in [1.82, 2.24) is 5.32 Å². The Morgan fingerprint density at radius 1 is 1.06 bits per heavy atom. The fourth-order valence-electron chi connectivity index (χ4n) is 3.34. The molecule has 2 nitrogen and oxygen atoms in total. The molecule has 0 radical (unpaired) electrons. The zero-order valence-electron chi connectivity index (χ0n) is 11.8. The largest absolute Gasteiger partial charge is 0.329 e. The smallest absolute Gasteiger partial charge is 0.0221 e. The van der Waals surface area contributed by atoms with E-state index in [-0.39, 0.29) is 0 Å². The molecular formula is C15H30N2. The van der Waals surface area contributed by atoms with Crippen molar-refractivity contribution >= 4 is 0 Å². The highest BCUT2D eigenvalue weighted by atomic mass is 15.0. The minimum atomic E-state index is 0.493. The Hall–Kier alpha value is -0.0800. The molecule has 17 heavy (non-hydrogen) atoms. The fraction of sp³-hybridized carbons (Fsp3) is 1.00. The highest BCUT2D eigenvalue weighted by molar-refractivity contribution is 4.91. The third-order valence-electron chi connectivity index (χ3n) is 4.85. The molecule has 0 aliphatic heterocycles. The Balaban J connectivity index is 1.80. The Labute approximate surface area is 107 Å². The Bertz CT molecular complexity index is 232. The molecule has 0 saturated heterocycles. The van der Waals surface area contributed by atoms with Gasteiger partial charge in [0.15, 0.2) is 0 Å².